The van der Waals surface area contributed by atoms with Crippen LogP contribution in [0.15, 0.2) is 47.0 Å². The molecular weight excluding hydrogens is 320 g/mol. The molecule has 1 aromatic heterocycles. The molecule has 128 valence electrons. The maximum absolute atomic E-state index is 10.9. The number of benzene rings is 2. The maximum Gasteiger partial charge on any atom is 0.264 e. The van der Waals surface area contributed by atoms with Gasteiger partial charge >= 0.3 is 0 Å². The average Bonchev–Trinajstić information content (AvgIpc) is 3.15. The van der Waals surface area contributed by atoms with Gasteiger partial charge in [-0.2, -0.15) is 4.98 Å². The average molecular weight is 338 g/mol. The summed E-state index contributed by atoms with van der Waals surface area (Å²) in [7, 11) is 1.54. The van der Waals surface area contributed by atoms with Crippen LogP contribution in [-0.4, -0.2) is 23.5 Å². The molecule has 0 atom stereocenters. The molecule has 0 aliphatic carbocycles. The molecule has 0 saturated heterocycles. The molecule has 0 bridgehead atoms. The van der Waals surface area contributed by atoms with E-state index in [0.717, 1.165) is 18.3 Å². The largest absolute Gasteiger partial charge is 0.493 e. The number of hydrogen-bond donors (Lipinski definition) is 0. The van der Waals surface area contributed by atoms with E-state index in [9.17, 15) is 4.79 Å². The summed E-state index contributed by atoms with van der Waals surface area (Å²) >= 11 is 0. The number of methoxy groups -OCH3 is 1. The number of carbonyl (C=O) groups is 1. The predicted molar refractivity (Wildman–Crippen MR) is 91.8 cm³/mol. The van der Waals surface area contributed by atoms with Crippen LogP contribution in [0, 0.1) is 0 Å². The van der Waals surface area contributed by atoms with Crippen molar-refractivity contribution in [1.29, 1.82) is 0 Å². The lowest BCUT2D eigenvalue weighted by Gasteiger charge is -2.09. The monoisotopic (exact) mass is 338 g/mol. The molecule has 0 aliphatic heterocycles. The molecule has 3 aromatic rings. The zero-order valence-corrected chi connectivity index (χ0v) is 14.1. The van der Waals surface area contributed by atoms with Crippen molar-refractivity contribution in [2.75, 3.05) is 7.11 Å². The van der Waals surface area contributed by atoms with E-state index in [1.807, 2.05) is 24.3 Å². The van der Waals surface area contributed by atoms with Gasteiger partial charge in [-0.1, -0.05) is 36.3 Å². The summed E-state index contributed by atoms with van der Waals surface area (Å²) in [5.74, 6) is 1.82. The van der Waals surface area contributed by atoms with Crippen molar-refractivity contribution in [2.45, 2.75) is 20.0 Å². The van der Waals surface area contributed by atoms with Crippen LogP contribution in [0.25, 0.3) is 11.4 Å². The fourth-order valence-corrected chi connectivity index (χ4v) is 2.34. The zero-order valence-electron chi connectivity index (χ0n) is 14.1. The first kappa shape index (κ1) is 16.7. The van der Waals surface area contributed by atoms with Crippen molar-refractivity contribution in [3.8, 4) is 22.9 Å². The summed E-state index contributed by atoms with van der Waals surface area (Å²) in [6.45, 7) is 2.19. The fraction of sp³-hybridized carbons (Fsp3) is 0.211. The van der Waals surface area contributed by atoms with Gasteiger partial charge in [-0.15, -0.1) is 0 Å². The van der Waals surface area contributed by atoms with Gasteiger partial charge in [0.25, 0.3) is 5.89 Å². The maximum atomic E-state index is 10.9. The summed E-state index contributed by atoms with van der Waals surface area (Å²) in [6, 6.07) is 12.9. The number of rotatable bonds is 7. The third-order valence-electron chi connectivity index (χ3n) is 3.76. The molecule has 6 heteroatoms. The lowest BCUT2D eigenvalue weighted by atomic mass is 10.1. The van der Waals surface area contributed by atoms with E-state index in [-0.39, 0.29) is 6.61 Å². The Kier molecular flexibility index (Phi) is 5.09. The Morgan fingerprint density at radius 2 is 1.92 bits per heavy atom. The number of hydrogen-bond acceptors (Lipinski definition) is 6. The minimum Gasteiger partial charge on any atom is -0.493 e. The summed E-state index contributed by atoms with van der Waals surface area (Å²) in [5, 5.41) is 3.98. The van der Waals surface area contributed by atoms with Crippen molar-refractivity contribution in [3.63, 3.8) is 0 Å². The Morgan fingerprint density at radius 3 is 2.60 bits per heavy atom. The van der Waals surface area contributed by atoms with E-state index in [2.05, 4.69) is 17.1 Å². The van der Waals surface area contributed by atoms with Crippen molar-refractivity contribution < 1.29 is 18.8 Å². The molecule has 0 fully saturated rings. The SMILES string of the molecule is CCc1ccc(-c2noc(COc3cc(C=O)ccc3OC)n2)cc1. The molecule has 6 nitrogen and oxygen atoms in total. The highest BCUT2D eigenvalue weighted by Gasteiger charge is 2.11. The molecule has 0 aliphatic rings. The van der Waals surface area contributed by atoms with Crippen LogP contribution in [-0.2, 0) is 13.0 Å². The second kappa shape index (κ2) is 7.61. The van der Waals surface area contributed by atoms with E-state index in [1.165, 1.54) is 12.7 Å². The van der Waals surface area contributed by atoms with Crippen LogP contribution in [0.1, 0.15) is 28.7 Å². The molecule has 2 aromatic carbocycles. The molecule has 0 radical (unpaired) electrons. The van der Waals surface area contributed by atoms with Gasteiger partial charge in [-0.05, 0) is 30.2 Å². The third-order valence-corrected chi connectivity index (χ3v) is 3.76. The van der Waals surface area contributed by atoms with Gasteiger partial charge in [0.15, 0.2) is 18.1 Å². The van der Waals surface area contributed by atoms with Gasteiger partial charge in [0.1, 0.15) is 6.29 Å². The normalized spacial score (nSPS) is 10.5. The molecule has 0 N–H and O–H groups in total. The standard InChI is InChI=1S/C19H18N2O4/c1-3-13-4-7-15(8-5-13)19-20-18(25-21-19)12-24-17-10-14(11-22)6-9-16(17)23-2/h4-11H,3,12H2,1-2H3. The predicted octanol–water partition coefficient (Wildman–Crippen LogP) is 3.70. The van der Waals surface area contributed by atoms with Gasteiger partial charge in [0.05, 0.1) is 7.11 Å². The van der Waals surface area contributed by atoms with Crippen molar-refractivity contribution in [1.82, 2.24) is 10.1 Å². The van der Waals surface area contributed by atoms with Gasteiger partial charge in [-0.25, -0.2) is 0 Å². The Labute approximate surface area is 145 Å². The van der Waals surface area contributed by atoms with Crippen LogP contribution in [0.4, 0.5) is 0 Å². The van der Waals surface area contributed by atoms with Gasteiger partial charge < -0.3 is 14.0 Å². The van der Waals surface area contributed by atoms with Crippen LogP contribution in [0.5, 0.6) is 11.5 Å². The zero-order chi connectivity index (χ0) is 17.6. The lowest BCUT2D eigenvalue weighted by molar-refractivity contribution is 0.112. The van der Waals surface area contributed by atoms with Crippen LogP contribution in [0.2, 0.25) is 0 Å². The highest BCUT2D eigenvalue weighted by molar-refractivity contribution is 5.76. The smallest absolute Gasteiger partial charge is 0.264 e. The van der Waals surface area contributed by atoms with Crippen molar-refractivity contribution in [3.05, 3.63) is 59.5 Å². The van der Waals surface area contributed by atoms with Crippen molar-refractivity contribution in [2.24, 2.45) is 0 Å². The second-order valence-corrected chi connectivity index (χ2v) is 5.38. The highest BCUT2D eigenvalue weighted by atomic mass is 16.5. The fourth-order valence-electron chi connectivity index (χ4n) is 2.34. The van der Waals surface area contributed by atoms with Crippen molar-refractivity contribution >= 4 is 6.29 Å². The Bertz CT molecular complexity index is 856. The Hall–Kier alpha value is -3.15. The highest BCUT2D eigenvalue weighted by Crippen LogP contribution is 2.28. The number of aryl methyl sites for hydroxylation is 1. The van der Waals surface area contributed by atoms with E-state index < -0.39 is 0 Å². The number of aldehydes is 1. The summed E-state index contributed by atoms with van der Waals surface area (Å²) < 4.78 is 16.1. The quantitative estimate of drug-likeness (QED) is 0.612. The van der Waals surface area contributed by atoms with Gasteiger partial charge in [0, 0.05) is 11.1 Å². The molecule has 1 heterocycles. The van der Waals surface area contributed by atoms with Crippen LogP contribution < -0.4 is 9.47 Å². The molecule has 0 unspecified atom stereocenters. The third kappa shape index (κ3) is 3.85. The summed E-state index contributed by atoms with van der Waals surface area (Å²) in [5.41, 5.74) is 2.63. The van der Waals surface area contributed by atoms with E-state index in [4.69, 9.17) is 14.0 Å². The van der Waals surface area contributed by atoms with E-state index >= 15 is 0 Å². The van der Waals surface area contributed by atoms with E-state index in [1.54, 1.807) is 18.2 Å². The molecule has 0 spiro atoms. The number of carbonyl (C=O) groups excluding carboxylic acids is 1. The number of aromatic nitrogens is 2. The van der Waals surface area contributed by atoms with Gasteiger partial charge in [-0.3, -0.25) is 4.79 Å². The first-order valence-electron chi connectivity index (χ1n) is 7.91. The van der Waals surface area contributed by atoms with Crippen LogP contribution in [0.3, 0.4) is 0 Å². The topological polar surface area (TPSA) is 74.5 Å². The van der Waals surface area contributed by atoms with Gasteiger partial charge in [0.2, 0.25) is 5.82 Å². The number of ether oxygens (including phenoxy) is 2. The first-order valence-corrected chi connectivity index (χ1v) is 7.91. The minimum atomic E-state index is 0.0821. The van der Waals surface area contributed by atoms with E-state index in [0.29, 0.717) is 28.8 Å². The number of nitrogens with zero attached hydrogens (tertiary/aromatic N) is 2. The molecular formula is C19H18N2O4. The lowest BCUT2D eigenvalue weighted by Crippen LogP contribution is -1.99. The first-order chi connectivity index (χ1) is 12.2. The molecule has 0 saturated carbocycles. The van der Waals surface area contributed by atoms with Crippen LogP contribution >= 0.6 is 0 Å². The minimum absolute atomic E-state index is 0.0821. The molecule has 25 heavy (non-hydrogen) atoms. The summed E-state index contributed by atoms with van der Waals surface area (Å²) in [6.07, 6.45) is 1.73. The Morgan fingerprint density at radius 1 is 1.12 bits per heavy atom. The Balaban J connectivity index is 1.72. The summed E-state index contributed by atoms with van der Waals surface area (Å²) in [4.78, 5) is 15.2. The molecule has 0 amide bonds. The second-order valence-electron chi connectivity index (χ2n) is 5.38. The molecule has 3 rings (SSSR count).